The summed E-state index contributed by atoms with van der Waals surface area (Å²) in [4.78, 5) is -0.353. The summed E-state index contributed by atoms with van der Waals surface area (Å²) in [6, 6.07) is 4.68. The Balaban J connectivity index is 1.84. The molecule has 2 N–H and O–H groups in total. The molecule has 0 bridgehead atoms. The lowest BCUT2D eigenvalue weighted by Gasteiger charge is -2.19. The van der Waals surface area contributed by atoms with Crippen molar-refractivity contribution < 1.29 is 12.8 Å². The predicted octanol–water partition coefficient (Wildman–Crippen LogP) is -0.0914. The number of halogens is 1. The molecule has 9 heteroatoms. The van der Waals surface area contributed by atoms with Gasteiger partial charge in [0.05, 0.1) is 18.3 Å². The van der Waals surface area contributed by atoms with Crippen molar-refractivity contribution in [2.24, 2.45) is 0 Å². The first-order valence-corrected chi connectivity index (χ1v) is 7.89. The zero-order valence-corrected chi connectivity index (χ0v) is 11.8. The molecule has 2 aromatic rings. The van der Waals surface area contributed by atoms with Crippen molar-refractivity contribution >= 4 is 10.0 Å². The molecule has 1 aromatic carbocycles. The van der Waals surface area contributed by atoms with Crippen molar-refractivity contribution in [3.8, 4) is 0 Å². The maximum Gasteiger partial charge on any atom is 0.243 e. The largest absolute Gasteiger partial charge is 0.313 e. The van der Waals surface area contributed by atoms with Gasteiger partial charge >= 0.3 is 0 Å². The molecule has 0 saturated carbocycles. The minimum Gasteiger partial charge on any atom is -0.313 e. The first-order valence-electron chi connectivity index (χ1n) is 6.41. The van der Waals surface area contributed by atoms with Gasteiger partial charge in [0, 0.05) is 19.3 Å². The van der Waals surface area contributed by atoms with Gasteiger partial charge in [-0.15, -0.1) is 5.10 Å². The van der Waals surface area contributed by atoms with Crippen LogP contribution < -0.4 is 10.0 Å². The number of nitrogens with one attached hydrogen (secondary N) is 2. The van der Waals surface area contributed by atoms with Gasteiger partial charge in [-0.25, -0.2) is 22.2 Å². The van der Waals surface area contributed by atoms with Crippen LogP contribution in [-0.4, -0.2) is 42.5 Å². The van der Waals surface area contributed by atoms with Crippen LogP contribution in [0.3, 0.4) is 0 Å². The molecule has 112 valence electrons. The van der Waals surface area contributed by atoms with Gasteiger partial charge in [0.2, 0.25) is 10.0 Å². The molecule has 21 heavy (non-hydrogen) atoms. The highest BCUT2D eigenvalue weighted by atomic mass is 32.2. The van der Waals surface area contributed by atoms with Crippen LogP contribution in [0.1, 0.15) is 6.04 Å². The summed E-state index contributed by atoms with van der Waals surface area (Å²) >= 11 is 0. The van der Waals surface area contributed by atoms with E-state index < -0.39 is 21.9 Å². The van der Waals surface area contributed by atoms with Crippen LogP contribution in [0, 0.1) is 5.82 Å². The first kappa shape index (κ1) is 14.1. The SMILES string of the molecule is O=S(=O)(N[C@@H]1CNC[C@@H]1n1ccnn1)c1ccccc1F. The Hall–Kier alpha value is -1.84. The van der Waals surface area contributed by atoms with E-state index in [2.05, 4.69) is 20.4 Å². The normalized spacial score (nSPS) is 22.5. The average molecular weight is 311 g/mol. The topological polar surface area (TPSA) is 88.9 Å². The maximum absolute atomic E-state index is 13.7. The van der Waals surface area contributed by atoms with E-state index in [1.54, 1.807) is 10.9 Å². The van der Waals surface area contributed by atoms with E-state index in [1.807, 2.05) is 0 Å². The zero-order valence-electron chi connectivity index (χ0n) is 11.0. The molecule has 7 nitrogen and oxygen atoms in total. The molecular weight excluding hydrogens is 297 g/mol. The van der Waals surface area contributed by atoms with E-state index >= 15 is 0 Å². The maximum atomic E-state index is 13.7. The van der Waals surface area contributed by atoms with Crippen molar-refractivity contribution in [3.63, 3.8) is 0 Å². The Kier molecular flexibility index (Phi) is 3.70. The number of hydrogen-bond acceptors (Lipinski definition) is 5. The second-order valence-corrected chi connectivity index (χ2v) is 6.45. The number of rotatable bonds is 4. The fourth-order valence-corrected chi connectivity index (χ4v) is 3.73. The van der Waals surface area contributed by atoms with E-state index in [0.717, 1.165) is 6.07 Å². The Bertz CT molecular complexity index is 719. The van der Waals surface area contributed by atoms with E-state index in [9.17, 15) is 12.8 Å². The lowest BCUT2D eigenvalue weighted by molar-refractivity contribution is 0.412. The Morgan fingerprint density at radius 3 is 2.86 bits per heavy atom. The van der Waals surface area contributed by atoms with E-state index in [0.29, 0.717) is 13.1 Å². The monoisotopic (exact) mass is 311 g/mol. The van der Waals surface area contributed by atoms with Gasteiger partial charge in [0.15, 0.2) is 0 Å². The van der Waals surface area contributed by atoms with Crippen molar-refractivity contribution in [2.75, 3.05) is 13.1 Å². The lowest BCUT2D eigenvalue weighted by atomic mass is 10.2. The highest BCUT2D eigenvalue weighted by molar-refractivity contribution is 7.89. The fourth-order valence-electron chi connectivity index (χ4n) is 2.38. The van der Waals surface area contributed by atoms with Gasteiger partial charge in [0.25, 0.3) is 0 Å². The standard InChI is InChI=1S/C12H14FN5O2S/c13-9-3-1-2-4-12(9)21(19,20)16-10-7-14-8-11(10)18-6-5-15-17-18/h1-6,10-11,14,16H,7-8H2/t10-,11+/m1/s1. The summed E-state index contributed by atoms with van der Waals surface area (Å²) in [5.41, 5.74) is 0. The Morgan fingerprint density at radius 1 is 1.33 bits per heavy atom. The quantitative estimate of drug-likeness (QED) is 0.824. The third-order valence-electron chi connectivity index (χ3n) is 3.40. The Morgan fingerprint density at radius 2 is 2.14 bits per heavy atom. The van der Waals surface area contributed by atoms with E-state index in [1.165, 1.54) is 24.4 Å². The van der Waals surface area contributed by atoms with Crippen LogP contribution >= 0.6 is 0 Å². The van der Waals surface area contributed by atoms with Crippen LogP contribution in [0.15, 0.2) is 41.6 Å². The van der Waals surface area contributed by atoms with Gasteiger partial charge in [0.1, 0.15) is 10.7 Å². The summed E-state index contributed by atoms with van der Waals surface area (Å²) in [5, 5.41) is 10.7. The zero-order chi connectivity index (χ0) is 14.9. The Labute approximate surface area is 121 Å². The lowest BCUT2D eigenvalue weighted by Crippen LogP contribution is -2.41. The molecule has 0 spiro atoms. The summed E-state index contributed by atoms with van der Waals surface area (Å²) in [5.74, 6) is -0.770. The van der Waals surface area contributed by atoms with Crippen LogP contribution in [0.25, 0.3) is 0 Å². The second kappa shape index (κ2) is 5.51. The molecule has 1 aromatic heterocycles. The summed E-state index contributed by atoms with van der Waals surface area (Å²) in [6.07, 6.45) is 3.20. The number of aromatic nitrogens is 3. The number of benzene rings is 1. The average Bonchev–Trinajstić information content (AvgIpc) is 3.09. The van der Waals surface area contributed by atoms with Gasteiger partial charge in [-0.3, -0.25) is 0 Å². The summed E-state index contributed by atoms with van der Waals surface area (Å²) < 4.78 is 42.4. The van der Waals surface area contributed by atoms with Crippen molar-refractivity contribution in [1.82, 2.24) is 25.0 Å². The molecule has 1 aliphatic heterocycles. The third kappa shape index (κ3) is 2.80. The van der Waals surface area contributed by atoms with Gasteiger partial charge in [-0.2, -0.15) is 0 Å². The van der Waals surface area contributed by atoms with Crippen LogP contribution in [-0.2, 0) is 10.0 Å². The smallest absolute Gasteiger partial charge is 0.243 e. The minimum atomic E-state index is -3.92. The molecular formula is C12H14FN5O2S. The molecule has 1 aliphatic rings. The summed E-state index contributed by atoms with van der Waals surface area (Å²) in [7, 11) is -3.92. The second-order valence-electron chi connectivity index (χ2n) is 4.77. The first-order chi connectivity index (χ1) is 10.1. The molecule has 0 amide bonds. The molecule has 0 radical (unpaired) electrons. The van der Waals surface area contributed by atoms with Crippen LogP contribution in [0.4, 0.5) is 4.39 Å². The van der Waals surface area contributed by atoms with Crippen molar-refractivity contribution in [1.29, 1.82) is 0 Å². The molecule has 1 fully saturated rings. The third-order valence-corrected chi connectivity index (χ3v) is 4.92. The van der Waals surface area contributed by atoms with Gasteiger partial charge in [-0.1, -0.05) is 17.3 Å². The van der Waals surface area contributed by atoms with Crippen LogP contribution in [0.2, 0.25) is 0 Å². The van der Waals surface area contributed by atoms with Crippen molar-refractivity contribution in [3.05, 3.63) is 42.5 Å². The number of sulfonamides is 1. The van der Waals surface area contributed by atoms with E-state index in [-0.39, 0.29) is 10.9 Å². The molecule has 0 aliphatic carbocycles. The molecule has 0 unspecified atom stereocenters. The molecule has 2 atom stereocenters. The summed E-state index contributed by atoms with van der Waals surface area (Å²) in [6.45, 7) is 1.01. The molecule has 1 saturated heterocycles. The fraction of sp³-hybridized carbons (Fsp3) is 0.333. The molecule has 3 rings (SSSR count). The predicted molar refractivity (Wildman–Crippen MR) is 72.4 cm³/mol. The number of hydrogen-bond donors (Lipinski definition) is 2. The highest BCUT2D eigenvalue weighted by Crippen LogP contribution is 2.19. The van der Waals surface area contributed by atoms with Gasteiger partial charge < -0.3 is 5.32 Å². The number of nitrogens with zero attached hydrogens (tertiary/aromatic N) is 3. The van der Waals surface area contributed by atoms with Gasteiger partial charge in [-0.05, 0) is 12.1 Å². The highest BCUT2D eigenvalue weighted by Gasteiger charge is 2.33. The van der Waals surface area contributed by atoms with Crippen molar-refractivity contribution in [2.45, 2.75) is 17.0 Å². The minimum absolute atomic E-state index is 0.200. The molecule has 2 heterocycles. The van der Waals surface area contributed by atoms with E-state index in [4.69, 9.17) is 0 Å². The van der Waals surface area contributed by atoms with Crippen LogP contribution in [0.5, 0.6) is 0 Å².